The summed E-state index contributed by atoms with van der Waals surface area (Å²) in [5.74, 6) is -0.00481. The minimum absolute atomic E-state index is 0.0304. The highest BCUT2D eigenvalue weighted by molar-refractivity contribution is 7.93. The average Bonchev–Trinajstić information content (AvgIpc) is 2.75. The summed E-state index contributed by atoms with van der Waals surface area (Å²) in [6.45, 7) is 4.57. The van der Waals surface area contributed by atoms with Crippen molar-refractivity contribution < 1.29 is 21.4 Å². The second kappa shape index (κ2) is 5.36. The van der Waals surface area contributed by atoms with Crippen molar-refractivity contribution in [1.29, 1.82) is 0 Å². The second-order valence-corrected chi connectivity index (χ2v) is 8.54. The van der Waals surface area contributed by atoms with Crippen molar-refractivity contribution in [2.75, 3.05) is 11.0 Å². The second-order valence-electron chi connectivity index (χ2n) is 4.90. The lowest BCUT2D eigenvalue weighted by Gasteiger charge is -2.12. The van der Waals surface area contributed by atoms with E-state index in [9.17, 15) is 16.8 Å². The van der Waals surface area contributed by atoms with Crippen LogP contribution >= 0.6 is 0 Å². The lowest BCUT2D eigenvalue weighted by atomic mass is 10.2. The summed E-state index contributed by atoms with van der Waals surface area (Å²) in [6.07, 6.45) is 1.03. The van der Waals surface area contributed by atoms with Crippen molar-refractivity contribution in [3.05, 3.63) is 29.2 Å². The number of sulfone groups is 1. The van der Waals surface area contributed by atoms with Crippen molar-refractivity contribution >= 4 is 25.8 Å². The van der Waals surface area contributed by atoms with Crippen LogP contribution in [0.3, 0.4) is 0 Å². The molecule has 0 aliphatic rings. The normalized spacial score (nSPS) is 12.4. The van der Waals surface area contributed by atoms with Crippen LogP contribution in [0.5, 0.6) is 0 Å². The number of nitrogens with one attached hydrogen (secondary N) is 1. The van der Waals surface area contributed by atoms with E-state index < -0.39 is 19.9 Å². The van der Waals surface area contributed by atoms with Gasteiger partial charge in [-0.3, -0.25) is 0 Å². The SMILES string of the molecule is Cc1cc(S(C)(=O)=O)c(C)c(S(=O)(=O)Nc2noc(C)n2)c1. The zero-order valence-electron chi connectivity index (χ0n) is 12.4. The van der Waals surface area contributed by atoms with Gasteiger partial charge >= 0.3 is 0 Å². The third-order valence-electron chi connectivity index (χ3n) is 2.90. The lowest BCUT2D eigenvalue weighted by molar-refractivity contribution is 0.395. The van der Waals surface area contributed by atoms with Crippen LogP contribution in [0.1, 0.15) is 17.0 Å². The number of aryl methyl sites for hydroxylation is 2. The monoisotopic (exact) mass is 345 g/mol. The van der Waals surface area contributed by atoms with Gasteiger partial charge in [-0.15, -0.1) is 0 Å². The van der Waals surface area contributed by atoms with E-state index in [-0.39, 0.29) is 27.2 Å². The number of hydrogen-bond donors (Lipinski definition) is 1. The molecule has 10 heteroatoms. The van der Waals surface area contributed by atoms with Gasteiger partial charge in [0.1, 0.15) is 0 Å². The molecule has 1 heterocycles. The first kappa shape index (κ1) is 16.4. The van der Waals surface area contributed by atoms with Gasteiger partial charge in [-0.2, -0.15) is 4.98 Å². The van der Waals surface area contributed by atoms with Crippen LogP contribution in [-0.2, 0) is 19.9 Å². The van der Waals surface area contributed by atoms with Gasteiger partial charge in [0.2, 0.25) is 5.89 Å². The maximum Gasteiger partial charge on any atom is 0.277 e. The Kier molecular flexibility index (Phi) is 4.00. The zero-order chi connectivity index (χ0) is 16.7. The predicted molar refractivity (Wildman–Crippen MR) is 78.9 cm³/mol. The molecule has 1 aromatic carbocycles. The molecule has 2 rings (SSSR count). The van der Waals surface area contributed by atoms with Crippen LogP contribution < -0.4 is 4.72 Å². The molecule has 0 spiro atoms. The predicted octanol–water partition coefficient (Wildman–Crippen LogP) is 1.20. The Morgan fingerprint density at radius 2 is 1.64 bits per heavy atom. The maximum absolute atomic E-state index is 12.4. The summed E-state index contributed by atoms with van der Waals surface area (Å²) in [5, 5.41) is 3.46. The maximum atomic E-state index is 12.4. The summed E-state index contributed by atoms with van der Waals surface area (Å²) in [7, 11) is -7.58. The highest BCUT2D eigenvalue weighted by Crippen LogP contribution is 2.26. The molecular formula is C12H15N3O5S2. The Morgan fingerprint density at radius 3 is 2.14 bits per heavy atom. The van der Waals surface area contributed by atoms with Crippen LogP contribution in [0.4, 0.5) is 5.95 Å². The van der Waals surface area contributed by atoms with E-state index in [4.69, 9.17) is 4.52 Å². The number of benzene rings is 1. The first-order chi connectivity index (χ1) is 10.0. The summed E-state index contributed by atoms with van der Waals surface area (Å²) in [6, 6.07) is 2.82. The highest BCUT2D eigenvalue weighted by Gasteiger charge is 2.24. The molecule has 0 amide bonds. The zero-order valence-corrected chi connectivity index (χ0v) is 14.0. The minimum atomic E-state index is -4.04. The highest BCUT2D eigenvalue weighted by atomic mass is 32.2. The van der Waals surface area contributed by atoms with Crippen LogP contribution in [0.15, 0.2) is 26.4 Å². The van der Waals surface area contributed by atoms with Gasteiger partial charge in [0.05, 0.1) is 9.79 Å². The largest absolute Gasteiger partial charge is 0.338 e. The Hall–Kier alpha value is -1.94. The molecule has 0 bridgehead atoms. The third kappa shape index (κ3) is 3.28. The van der Waals surface area contributed by atoms with Gasteiger partial charge in [-0.1, -0.05) is 0 Å². The van der Waals surface area contributed by atoms with Crippen molar-refractivity contribution in [3.8, 4) is 0 Å². The van der Waals surface area contributed by atoms with Crippen molar-refractivity contribution in [3.63, 3.8) is 0 Å². The van der Waals surface area contributed by atoms with E-state index in [0.29, 0.717) is 5.56 Å². The molecule has 0 saturated carbocycles. The number of anilines is 1. The van der Waals surface area contributed by atoms with Gasteiger partial charge < -0.3 is 4.52 Å². The van der Waals surface area contributed by atoms with Crippen molar-refractivity contribution in [1.82, 2.24) is 10.1 Å². The number of nitrogens with zero attached hydrogens (tertiary/aromatic N) is 2. The van der Waals surface area contributed by atoms with E-state index >= 15 is 0 Å². The number of sulfonamides is 1. The molecule has 0 saturated heterocycles. The third-order valence-corrected chi connectivity index (χ3v) is 5.58. The molecule has 120 valence electrons. The summed E-state index contributed by atoms with van der Waals surface area (Å²) < 4.78 is 55.3. The molecule has 0 atom stereocenters. The smallest absolute Gasteiger partial charge is 0.277 e. The standard InChI is InChI=1S/C12H15N3O5S2/c1-7-5-10(21(4,16)17)8(2)11(6-7)22(18,19)15-12-13-9(3)20-14-12/h5-6H,1-4H3,(H,14,15). The molecular weight excluding hydrogens is 330 g/mol. The molecule has 0 aliphatic heterocycles. The van der Waals surface area contributed by atoms with Crippen LogP contribution in [-0.4, -0.2) is 33.2 Å². The van der Waals surface area contributed by atoms with Gasteiger partial charge in [0.15, 0.2) is 9.84 Å². The topological polar surface area (TPSA) is 119 Å². The summed E-state index contributed by atoms with van der Waals surface area (Å²) >= 11 is 0. The summed E-state index contributed by atoms with van der Waals surface area (Å²) in [5.41, 5.74) is 0.650. The first-order valence-electron chi connectivity index (χ1n) is 6.15. The van der Waals surface area contributed by atoms with Gasteiger partial charge in [0, 0.05) is 13.2 Å². The van der Waals surface area contributed by atoms with Gasteiger partial charge in [-0.25, -0.2) is 21.6 Å². The Morgan fingerprint density at radius 1 is 1.05 bits per heavy atom. The fraction of sp³-hybridized carbons (Fsp3) is 0.333. The van der Waals surface area contributed by atoms with Crippen LogP contribution in [0, 0.1) is 20.8 Å². The Bertz CT molecular complexity index is 930. The summed E-state index contributed by atoms with van der Waals surface area (Å²) in [4.78, 5) is 3.58. The van der Waals surface area contributed by atoms with E-state index in [1.54, 1.807) is 6.92 Å². The number of aromatic nitrogens is 2. The quantitative estimate of drug-likeness (QED) is 0.884. The van der Waals surface area contributed by atoms with E-state index in [1.807, 2.05) is 0 Å². The van der Waals surface area contributed by atoms with Gasteiger partial charge in [-0.05, 0) is 42.3 Å². The fourth-order valence-corrected chi connectivity index (χ4v) is 4.39. The molecule has 0 unspecified atom stereocenters. The minimum Gasteiger partial charge on any atom is -0.338 e. The molecule has 0 aliphatic carbocycles. The van der Waals surface area contributed by atoms with Crippen molar-refractivity contribution in [2.24, 2.45) is 0 Å². The Balaban J connectivity index is 2.58. The molecule has 22 heavy (non-hydrogen) atoms. The van der Waals surface area contributed by atoms with Crippen LogP contribution in [0.2, 0.25) is 0 Å². The van der Waals surface area contributed by atoms with E-state index in [2.05, 4.69) is 14.9 Å². The van der Waals surface area contributed by atoms with E-state index in [1.165, 1.54) is 26.0 Å². The Labute approximate surface area is 128 Å². The number of rotatable bonds is 4. The molecule has 2 aromatic rings. The molecule has 0 fully saturated rings. The average molecular weight is 345 g/mol. The first-order valence-corrected chi connectivity index (χ1v) is 9.52. The molecule has 1 aromatic heterocycles. The van der Waals surface area contributed by atoms with Gasteiger partial charge in [0.25, 0.3) is 16.0 Å². The van der Waals surface area contributed by atoms with Crippen molar-refractivity contribution in [2.45, 2.75) is 30.6 Å². The molecule has 0 radical (unpaired) electrons. The van der Waals surface area contributed by atoms with Crippen LogP contribution in [0.25, 0.3) is 0 Å². The number of hydrogen-bond acceptors (Lipinski definition) is 7. The fourth-order valence-electron chi connectivity index (χ4n) is 1.97. The lowest BCUT2D eigenvalue weighted by Crippen LogP contribution is -2.17. The molecule has 1 N–H and O–H groups in total. The molecule has 8 nitrogen and oxygen atoms in total. The van der Waals surface area contributed by atoms with E-state index in [0.717, 1.165) is 6.26 Å².